The zero-order valence-corrected chi connectivity index (χ0v) is 29.0. The van der Waals surface area contributed by atoms with Crippen molar-refractivity contribution in [3.8, 4) is 0 Å². The van der Waals surface area contributed by atoms with Gasteiger partial charge in [-0.3, -0.25) is 13.9 Å². The van der Waals surface area contributed by atoms with E-state index in [4.69, 9.17) is 23.2 Å². The Morgan fingerprint density at radius 1 is 0.844 bits per heavy atom. The van der Waals surface area contributed by atoms with Gasteiger partial charge < -0.3 is 10.2 Å². The molecule has 7 nitrogen and oxygen atoms in total. The van der Waals surface area contributed by atoms with Crippen LogP contribution in [0.25, 0.3) is 0 Å². The van der Waals surface area contributed by atoms with Gasteiger partial charge in [-0.2, -0.15) is 0 Å². The third-order valence-electron chi connectivity index (χ3n) is 7.02. The Kier molecular flexibility index (Phi) is 11.7. The summed E-state index contributed by atoms with van der Waals surface area (Å²) >= 11 is 15.9. The fourth-order valence-electron chi connectivity index (χ4n) is 4.77. The second-order valence-corrected chi connectivity index (χ2v) is 14.5. The van der Waals surface area contributed by atoms with Crippen LogP contribution in [0.2, 0.25) is 10.0 Å². The second kappa shape index (κ2) is 15.3. The topological polar surface area (TPSA) is 86.8 Å². The Bertz CT molecular complexity index is 1750. The van der Waals surface area contributed by atoms with E-state index in [1.807, 2.05) is 51.1 Å². The first-order valence-corrected chi connectivity index (χ1v) is 17.3. The molecule has 1 atom stereocenters. The lowest BCUT2D eigenvalue weighted by Gasteiger charge is -2.34. The molecular weight excluding hydrogens is 697 g/mol. The Morgan fingerprint density at radius 3 is 2.16 bits per heavy atom. The maximum atomic E-state index is 14.5. The molecule has 4 aromatic rings. The fourth-order valence-corrected chi connectivity index (χ4v) is 6.88. The zero-order valence-electron chi connectivity index (χ0n) is 25.1. The number of hydrogen-bond acceptors (Lipinski definition) is 4. The summed E-state index contributed by atoms with van der Waals surface area (Å²) < 4.78 is 30.0. The van der Waals surface area contributed by atoms with Crippen LogP contribution in [0.5, 0.6) is 0 Å². The van der Waals surface area contributed by atoms with Crippen molar-refractivity contribution in [2.45, 2.75) is 50.7 Å². The number of anilines is 1. The second-order valence-electron chi connectivity index (χ2n) is 10.9. The van der Waals surface area contributed by atoms with Gasteiger partial charge in [-0.05, 0) is 74.4 Å². The average molecular weight is 732 g/mol. The molecule has 0 aliphatic carbocycles. The number of rotatable bonds is 12. The number of benzene rings is 4. The molecule has 0 saturated heterocycles. The van der Waals surface area contributed by atoms with Crippen molar-refractivity contribution in [2.75, 3.05) is 10.8 Å². The van der Waals surface area contributed by atoms with Gasteiger partial charge in [0.25, 0.3) is 10.0 Å². The first kappa shape index (κ1) is 34.5. The van der Waals surface area contributed by atoms with Gasteiger partial charge in [0.1, 0.15) is 12.6 Å². The van der Waals surface area contributed by atoms with E-state index in [-0.39, 0.29) is 29.8 Å². The van der Waals surface area contributed by atoms with Gasteiger partial charge >= 0.3 is 0 Å². The molecule has 0 bridgehead atoms. The molecule has 0 radical (unpaired) electrons. The van der Waals surface area contributed by atoms with Gasteiger partial charge in [0.2, 0.25) is 11.8 Å². The molecule has 0 aliphatic heterocycles. The third-order valence-corrected chi connectivity index (χ3v) is 10.0. The Balaban J connectivity index is 1.82. The molecule has 4 aromatic carbocycles. The summed E-state index contributed by atoms with van der Waals surface area (Å²) in [6.45, 7) is 4.96. The van der Waals surface area contributed by atoms with Crippen LogP contribution in [0.3, 0.4) is 0 Å². The summed E-state index contributed by atoms with van der Waals surface area (Å²) in [5, 5.41) is 3.59. The Hall–Kier alpha value is -3.37. The number of carbonyl (C=O) groups is 2. The van der Waals surface area contributed by atoms with Gasteiger partial charge in [-0.25, -0.2) is 8.42 Å². The summed E-state index contributed by atoms with van der Waals surface area (Å²) in [6.07, 6.45) is 0.202. The van der Waals surface area contributed by atoms with Gasteiger partial charge in [0, 0.05) is 23.5 Å². The van der Waals surface area contributed by atoms with E-state index in [0.717, 1.165) is 15.4 Å². The molecule has 11 heteroatoms. The SMILES string of the molecule is Cc1ccc(S(=O)(=O)N(CC(=O)N(Cc2ccc(Cl)c(Cl)c2)[C@H](Cc2ccccc2)C(=O)NC(C)C)c2cccc(Br)c2)cc1. The third kappa shape index (κ3) is 9.10. The normalized spacial score (nSPS) is 12.1. The van der Waals surface area contributed by atoms with Crippen molar-refractivity contribution in [1.82, 2.24) is 10.2 Å². The number of hydrogen-bond donors (Lipinski definition) is 1. The minimum absolute atomic E-state index is 0.0182. The summed E-state index contributed by atoms with van der Waals surface area (Å²) in [5.41, 5.74) is 2.65. The molecule has 0 spiro atoms. The van der Waals surface area contributed by atoms with E-state index in [1.165, 1.54) is 17.0 Å². The molecule has 0 aliphatic rings. The smallest absolute Gasteiger partial charge is 0.264 e. The van der Waals surface area contributed by atoms with Gasteiger partial charge in [-0.15, -0.1) is 0 Å². The van der Waals surface area contributed by atoms with Gasteiger partial charge in [-0.1, -0.05) is 99.3 Å². The number of amides is 2. The maximum Gasteiger partial charge on any atom is 0.264 e. The van der Waals surface area contributed by atoms with Crippen molar-refractivity contribution in [3.05, 3.63) is 128 Å². The molecule has 2 amide bonds. The van der Waals surface area contributed by atoms with Gasteiger partial charge in [0.05, 0.1) is 20.6 Å². The lowest BCUT2D eigenvalue weighted by Crippen LogP contribution is -2.54. The Morgan fingerprint density at radius 2 is 1.53 bits per heavy atom. The van der Waals surface area contributed by atoms with Crippen molar-refractivity contribution < 1.29 is 18.0 Å². The van der Waals surface area contributed by atoms with Crippen molar-refractivity contribution in [1.29, 1.82) is 0 Å². The largest absolute Gasteiger partial charge is 0.352 e. The van der Waals surface area contributed by atoms with Crippen LogP contribution < -0.4 is 9.62 Å². The van der Waals surface area contributed by atoms with Crippen molar-refractivity contribution >= 4 is 66.7 Å². The highest BCUT2D eigenvalue weighted by Gasteiger charge is 2.35. The highest BCUT2D eigenvalue weighted by atomic mass is 79.9. The molecule has 1 N–H and O–H groups in total. The quantitative estimate of drug-likeness (QED) is 0.164. The molecule has 0 saturated carbocycles. The van der Waals surface area contributed by atoms with Crippen molar-refractivity contribution in [3.63, 3.8) is 0 Å². The minimum atomic E-state index is -4.20. The number of halogens is 3. The molecule has 236 valence electrons. The molecule has 45 heavy (non-hydrogen) atoms. The Labute approximate surface area is 283 Å². The summed E-state index contributed by atoms with van der Waals surface area (Å²) in [4.78, 5) is 29.7. The van der Waals surface area contributed by atoms with Crippen LogP contribution in [0.1, 0.15) is 30.5 Å². The monoisotopic (exact) mass is 729 g/mol. The van der Waals surface area contributed by atoms with Crippen LogP contribution in [0, 0.1) is 6.92 Å². The highest BCUT2D eigenvalue weighted by Crippen LogP contribution is 2.28. The lowest BCUT2D eigenvalue weighted by atomic mass is 10.0. The van der Waals surface area contributed by atoms with Crippen molar-refractivity contribution in [2.24, 2.45) is 0 Å². The summed E-state index contributed by atoms with van der Waals surface area (Å²) in [7, 11) is -4.20. The number of carbonyl (C=O) groups excluding carboxylic acids is 2. The van der Waals surface area contributed by atoms with E-state index >= 15 is 0 Å². The number of sulfonamides is 1. The first-order chi connectivity index (χ1) is 21.3. The standard InChI is InChI=1S/C34H34BrCl2N3O4S/c1-23(2)38-34(42)32(19-25-8-5-4-6-9-25)39(21-26-14-17-30(36)31(37)18-26)33(41)22-40(28-11-7-10-27(35)20-28)45(43,44)29-15-12-24(3)13-16-29/h4-18,20,23,32H,19,21-22H2,1-3H3,(H,38,42)/t32-/m1/s1. The fraction of sp³-hybridized carbons (Fsp3) is 0.235. The van der Waals surface area contributed by atoms with E-state index < -0.39 is 28.5 Å². The van der Waals surface area contributed by atoms with E-state index in [0.29, 0.717) is 25.8 Å². The number of aryl methyl sites for hydroxylation is 1. The molecule has 0 fully saturated rings. The number of nitrogens with one attached hydrogen (secondary N) is 1. The lowest BCUT2D eigenvalue weighted by molar-refractivity contribution is -0.140. The van der Waals surface area contributed by atoms with E-state index in [2.05, 4.69) is 21.2 Å². The van der Waals surface area contributed by atoms with Crippen LogP contribution in [-0.4, -0.2) is 43.8 Å². The molecule has 4 rings (SSSR count). The van der Waals surface area contributed by atoms with Crippen LogP contribution in [0.4, 0.5) is 5.69 Å². The highest BCUT2D eigenvalue weighted by molar-refractivity contribution is 9.10. The van der Waals surface area contributed by atoms with E-state index in [1.54, 1.807) is 54.6 Å². The zero-order chi connectivity index (χ0) is 32.7. The maximum absolute atomic E-state index is 14.5. The summed E-state index contributed by atoms with van der Waals surface area (Å²) in [6, 6.07) is 26.3. The number of nitrogens with zero attached hydrogens (tertiary/aromatic N) is 2. The minimum Gasteiger partial charge on any atom is -0.352 e. The molecular formula is C34H34BrCl2N3O4S. The molecule has 0 heterocycles. The van der Waals surface area contributed by atoms with Crippen LogP contribution >= 0.6 is 39.1 Å². The van der Waals surface area contributed by atoms with Gasteiger partial charge in [0.15, 0.2) is 0 Å². The predicted molar refractivity (Wildman–Crippen MR) is 184 cm³/mol. The average Bonchev–Trinajstić information content (AvgIpc) is 2.99. The van der Waals surface area contributed by atoms with Crippen LogP contribution in [-0.2, 0) is 32.6 Å². The first-order valence-electron chi connectivity index (χ1n) is 14.3. The van der Waals surface area contributed by atoms with Crippen LogP contribution in [0.15, 0.2) is 106 Å². The van der Waals surface area contributed by atoms with E-state index in [9.17, 15) is 18.0 Å². The predicted octanol–water partition coefficient (Wildman–Crippen LogP) is 7.42. The molecule has 0 unspecified atom stereocenters. The molecule has 0 aromatic heterocycles. The summed E-state index contributed by atoms with van der Waals surface area (Å²) in [5.74, 6) is -0.936.